The first-order valence-electron chi connectivity index (χ1n) is 2.35. The highest BCUT2D eigenvalue weighted by atomic mass is 19.2. The first-order chi connectivity index (χ1) is 3.27. The summed E-state index contributed by atoms with van der Waals surface area (Å²) >= 11 is 0. The Kier molecular flexibility index (Phi) is 1.02. The van der Waals surface area contributed by atoms with Crippen molar-refractivity contribution in [3.05, 3.63) is 6.42 Å². The lowest BCUT2D eigenvalue weighted by atomic mass is 10.3. The van der Waals surface area contributed by atoms with Gasteiger partial charge in [-0.2, -0.15) is 0 Å². The van der Waals surface area contributed by atoms with Crippen molar-refractivity contribution in [3.63, 3.8) is 0 Å². The molecule has 0 aromatic carbocycles. The summed E-state index contributed by atoms with van der Waals surface area (Å²) in [6.45, 7) is 1.68. The van der Waals surface area contributed by atoms with E-state index in [1.54, 1.807) is 13.3 Å². The third kappa shape index (κ3) is 0.621. The van der Waals surface area contributed by atoms with E-state index in [4.69, 9.17) is 0 Å². The second kappa shape index (κ2) is 1.42. The van der Waals surface area contributed by atoms with Crippen molar-refractivity contribution in [1.82, 2.24) is 0 Å². The van der Waals surface area contributed by atoms with E-state index in [2.05, 4.69) is 0 Å². The van der Waals surface area contributed by atoms with Gasteiger partial charge in [-0.3, -0.25) is 0 Å². The highest BCUT2D eigenvalue weighted by Crippen LogP contribution is 2.39. The average Bonchev–Trinajstić information content (AvgIpc) is 2.17. The molecule has 0 amide bonds. The Hall–Kier alpha value is -0.140. The zero-order valence-electron chi connectivity index (χ0n) is 4.07. The van der Waals surface area contributed by atoms with E-state index in [0.717, 1.165) is 0 Å². The third-order valence-electron chi connectivity index (χ3n) is 1.28. The highest BCUT2D eigenvalue weighted by Gasteiger charge is 2.50. The van der Waals surface area contributed by atoms with Gasteiger partial charge < -0.3 is 0 Å². The van der Waals surface area contributed by atoms with E-state index in [0.29, 0.717) is 0 Å². The molecule has 1 rings (SSSR count). The minimum absolute atomic E-state index is 0.389. The zero-order chi connectivity index (χ0) is 5.44. The molecule has 0 heterocycles. The molecule has 0 aliphatic heterocycles. The van der Waals surface area contributed by atoms with Crippen LogP contribution in [-0.4, -0.2) is 12.3 Å². The molecular weight excluding hydrogens is 98.1 g/mol. The molecule has 0 nitrogen and oxygen atoms in total. The largest absolute Gasteiger partial charge is 0.244 e. The number of hydrogen-bond acceptors (Lipinski definition) is 0. The number of rotatable bonds is 1. The lowest BCUT2D eigenvalue weighted by Crippen LogP contribution is -1.74. The average molecular weight is 105 g/mol. The molecule has 41 valence electrons. The van der Waals surface area contributed by atoms with Crippen LogP contribution in [0.15, 0.2) is 0 Å². The summed E-state index contributed by atoms with van der Waals surface area (Å²) < 4.78 is 23.5. The molecule has 0 N–H and O–H groups in total. The molecule has 2 heteroatoms. The second-order valence-electron chi connectivity index (χ2n) is 1.80. The number of halogens is 2. The fourth-order valence-corrected chi connectivity index (χ4v) is 0.627. The molecular formula is C5H7F2. The zero-order valence-corrected chi connectivity index (χ0v) is 4.07. The molecule has 0 aromatic rings. The lowest BCUT2D eigenvalue weighted by molar-refractivity contribution is 0.372. The van der Waals surface area contributed by atoms with E-state index in [-0.39, 0.29) is 5.92 Å². The van der Waals surface area contributed by atoms with Crippen LogP contribution in [0.2, 0.25) is 0 Å². The van der Waals surface area contributed by atoms with Crippen molar-refractivity contribution in [3.8, 4) is 0 Å². The topological polar surface area (TPSA) is 0 Å². The Bertz CT molecular complexity index is 64.5. The van der Waals surface area contributed by atoms with Crippen LogP contribution in [0.25, 0.3) is 0 Å². The normalized spacial score (nSPS) is 49.3. The highest BCUT2D eigenvalue weighted by molar-refractivity contribution is 5.04. The van der Waals surface area contributed by atoms with Crippen LogP contribution < -0.4 is 0 Å². The van der Waals surface area contributed by atoms with Gasteiger partial charge in [-0.05, 0) is 6.42 Å². The second-order valence-corrected chi connectivity index (χ2v) is 1.80. The summed E-state index contributed by atoms with van der Waals surface area (Å²) in [5, 5.41) is 0. The molecule has 2 atom stereocenters. The predicted molar refractivity (Wildman–Crippen MR) is 23.3 cm³/mol. The van der Waals surface area contributed by atoms with Gasteiger partial charge in [0.15, 0.2) is 0 Å². The van der Waals surface area contributed by atoms with Crippen LogP contribution in [-0.2, 0) is 0 Å². The summed E-state index contributed by atoms with van der Waals surface area (Å²) in [6, 6.07) is 0. The molecule has 7 heavy (non-hydrogen) atoms. The van der Waals surface area contributed by atoms with Crippen LogP contribution in [0.5, 0.6) is 0 Å². The number of hydrogen-bond donors (Lipinski definition) is 0. The fourth-order valence-electron chi connectivity index (χ4n) is 0.627. The first kappa shape index (κ1) is 5.01. The Morgan fingerprint density at radius 2 is 1.71 bits per heavy atom. The smallest absolute Gasteiger partial charge is 0.137 e. The summed E-state index contributed by atoms with van der Waals surface area (Å²) in [5.41, 5.74) is 0. The van der Waals surface area contributed by atoms with Crippen molar-refractivity contribution in [2.24, 2.45) is 5.92 Å². The van der Waals surface area contributed by atoms with Gasteiger partial charge in [-0.15, -0.1) is 0 Å². The van der Waals surface area contributed by atoms with Crippen molar-refractivity contribution >= 4 is 0 Å². The van der Waals surface area contributed by atoms with Crippen molar-refractivity contribution in [1.29, 1.82) is 0 Å². The standard InChI is InChI=1S/C5H7F2/c1-2-3-4(6)5(3)7/h2-5H,1H3. The van der Waals surface area contributed by atoms with Gasteiger partial charge in [0.1, 0.15) is 12.3 Å². The summed E-state index contributed by atoms with van der Waals surface area (Å²) in [5.74, 6) is -0.389. The van der Waals surface area contributed by atoms with E-state index < -0.39 is 12.3 Å². The van der Waals surface area contributed by atoms with Gasteiger partial charge in [-0.1, -0.05) is 6.92 Å². The first-order valence-corrected chi connectivity index (χ1v) is 2.35. The van der Waals surface area contributed by atoms with Gasteiger partial charge in [-0.25, -0.2) is 8.78 Å². The van der Waals surface area contributed by atoms with E-state index >= 15 is 0 Å². The minimum Gasteiger partial charge on any atom is -0.244 e. The number of alkyl halides is 2. The molecule has 0 aromatic heterocycles. The summed E-state index contributed by atoms with van der Waals surface area (Å²) in [4.78, 5) is 0. The molecule has 0 saturated heterocycles. The van der Waals surface area contributed by atoms with Crippen LogP contribution >= 0.6 is 0 Å². The quantitative estimate of drug-likeness (QED) is 0.474. The summed E-state index contributed by atoms with van der Waals surface area (Å²) in [7, 11) is 0. The van der Waals surface area contributed by atoms with Crippen molar-refractivity contribution < 1.29 is 8.78 Å². The molecule has 0 bridgehead atoms. The molecule has 2 unspecified atom stereocenters. The molecule has 1 fully saturated rings. The monoisotopic (exact) mass is 105 g/mol. The van der Waals surface area contributed by atoms with Crippen LogP contribution in [0.3, 0.4) is 0 Å². The van der Waals surface area contributed by atoms with Gasteiger partial charge >= 0.3 is 0 Å². The van der Waals surface area contributed by atoms with Gasteiger partial charge in [0.2, 0.25) is 0 Å². The Morgan fingerprint density at radius 3 is 1.71 bits per heavy atom. The SMILES string of the molecule is C[CH]C1C(F)C1F. The predicted octanol–water partition coefficient (Wildman–Crippen LogP) is 1.52. The lowest BCUT2D eigenvalue weighted by Gasteiger charge is -1.75. The van der Waals surface area contributed by atoms with E-state index in [1.165, 1.54) is 0 Å². The van der Waals surface area contributed by atoms with Crippen molar-refractivity contribution in [2.75, 3.05) is 0 Å². The van der Waals surface area contributed by atoms with Crippen LogP contribution in [0.4, 0.5) is 8.78 Å². The van der Waals surface area contributed by atoms with Gasteiger partial charge in [0.05, 0.1) is 0 Å². The maximum Gasteiger partial charge on any atom is 0.137 e. The Labute approximate surface area is 41.5 Å². The Balaban J connectivity index is 2.24. The minimum atomic E-state index is -1.19. The van der Waals surface area contributed by atoms with Gasteiger partial charge in [0, 0.05) is 5.92 Å². The molecule has 0 spiro atoms. The van der Waals surface area contributed by atoms with Gasteiger partial charge in [0.25, 0.3) is 0 Å². The van der Waals surface area contributed by atoms with E-state index in [1.807, 2.05) is 0 Å². The molecule has 1 radical (unpaired) electrons. The van der Waals surface area contributed by atoms with E-state index in [9.17, 15) is 8.78 Å². The maximum atomic E-state index is 11.8. The fraction of sp³-hybridized carbons (Fsp3) is 0.800. The third-order valence-corrected chi connectivity index (χ3v) is 1.28. The summed E-state index contributed by atoms with van der Waals surface area (Å²) in [6.07, 6.45) is -0.815. The van der Waals surface area contributed by atoms with Crippen LogP contribution in [0, 0.1) is 12.3 Å². The molecule has 1 aliphatic rings. The molecule has 1 aliphatic carbocycles. The van der Waals surface area contributed by atoms with Crippen molar-refractivity contribution in [2.45, 2.75) is 19.3 Å². The maximum absolute atomic E-state index is 11.8. The van der Waals surface area contributed by atoms with Crippen LogP contribution in [0.1, 0.15) is 6.92 Å². The Morgan fingerprint density at radius 1 is 1.29 bits per heavy atom. The molecule has 1 saturated carbocycles.